The summed E-state index contributed by atoms with van der Waals surface area (Å²) >= 11 is 0. The van der Waals surface area contributed by atoms with E-state index >= 15 is 0 Å². The maximum atomic E-state index is 12.8. The number of aromatic nitrogens is 3. The van der Waals surface area contributed by atoms with Crippen LogP contribution in [0.2, 0.25) is 0 Å². The Labute approximate surface area is 148 Å². The quantitative estimate of drug-likeness (QED) is 0.903. The van der Waals surface area contributed by atoms with Crippen molar-refractivity contribution in [1.82, 2.24) is 14.8 Å². The lowest BCUT2D eigenvalue weighted by Gasteiger charge is -2.29. The minimum Gasteiger partial charge on any atom is -0.378 e. The van der Waals surface area contributed by atoms with Gasteiger partial charge in [0.2, 0.25) is 0 Å². The Bertz CT molecular complexity index is 735. The molecule has 2 aromatic rings. The molecule has 0 radical (unpaired) electrons. The van der Waals surface area contributed by atoms with Crippen LogP contribution in [0.4, 0.5) is 11.5 Å². The number of amides is 1. The van der Waals surface area contributed by atoms with Crippen molar-refractivity contribution < 1.29 is 9.53 Å². The number of nitrogens with zero attached hydrogens (tertiary/aromatic N) is 4. The van der Waals surface area contributed by atoms with Crippen LogP contribution in [0.1, 0.15) is 42.9 Å². The highest BCUT2D eigenvalue weighted by Gasteiger charge is 2.20. The molecule has 1 N–H and O–H groups in total. The lowest BCUT2D eigenvalue weighted by molar-refractivity contribution is 0.101. The topological polar surface area (TPSA) is 72.3 Å². The molecule has 25 heavy (non-hydrogen) atoms. The molecule has 0 saturated carbocycles. The molecule has 2 aromatic heterocycles. The monoisotopic (exact) mass is 343 g/mol. The van der Waals surface area contributed by atoms with Crippen molar-refractivity contribution in [3.63, 3.8) is 0 Å². The number of anilines is 2. The Hall–Kier alpha value is -2.41. The fourth-order valence-corrected chi connectivity index (χ4v) is 2.85. The number of nitrogens with one attached hydrogen (secondary N) is 1. The van der Waals surface area contributed by atoms with E-state index in [1.807, 2.05) is 25.1 Å². The van der Waals surface area contributed by atoms with E-state index in [0.717, 1.165) is 24.6 Å². The van der Waals surface area contributed by atoms with Gasteiger partial charge in [0, 0.05) is 25.8 Å². The largest absolute Gasteiger partial charge is 0.378 e. The second-order valence-electron chi connectivity index (χ2n) is 6.35. The van der Waals surface area contributed by atoms with Crippen LogP contribution in [0.3, 0.4) is 0 Å². The van der Waals surface area contributed by atoms with Crippen LogP contribution in [-0.2, 0) is 11.3 Å². The third kappa shape index (κ3) is 3.82. The van der Waals surface area contributed by atoms with Gasteiger partial charge in [-0.2, -0.15) is 5.10 Å². The van der Waals surface area contributed by atoms with E-state index in [4.69, 9.17) is 4.74 Å². The number of carbonyl (C=O) groups excluding carboxylic acids is 1. The molecule has 7 nitrogen and oxygen atoms in total. The van der Waals surface area contributed by atoms with E-state index in [2.05, 4.69) is 34.1 Å². The third-order valence-electron chi connectivity index (χ3n) is 4.27. The lowest BCUT2D eigenvalue weighted by Crippen LogP contribution is -2.37. The van der Waals surface area contributed by atoms with Crippen LogP contribution in [0.5, 0.6) is 0 Å². The predicted molar refractivity (Wildman–Crippen MR) is 97.2 cm³/mol. The molecule has 3 rings (SSSR count). The molecule has 1 amide bonds. The number of ether oxygens (including phenoxy) is 1. The Balaban J connectivity index is 1.84. The number of hydrogen-bond acceptors (Lipinski definition) is 5. The number of rotatable bonds is 5. The van der Waals surface area contributed by atoms with Gasteiger partial charge in [-0.3, -0.25) is 9.48 Å². The highest BCUT2D eigenvalue weighted by molar-refractivity contribution is 6.04. The number of hydrogen-bond donors (Lipinski definition) is 1. The van der Waals surface area contributed by atoms with Crippen LogP contribution in [-0.4, -0.2) is 47.0 Å². The highest BCUT2D eigenvalue weighted by atomic mass is 16.5. The van der Waals surface area contributed by atoms with Gasteiger partial charge in [0.15, 0.2) is 5.82 Å². The summed E-state index contributed by atoms with van der Waals surface area (Å²) in [5.74, 6) is 0.899. The van der Waals surface area contributed by atoms with E-state index in [1.165, 1.54) is 0 Å². The first kappa shape index (κ1) is 17.4. The molecule has 0 aliphatic carbocycles. The van der Waals surface area contributed by atoms with Gasteiger partial charge in [0.1, 0.15) is 5.69 Å². The Morgan fingerprint density at radius 3 is 2.80 bits per heavy atom. The average Bonchev–Trinajstić information content (AvgIpc) is 3.08. The minimum atomic E-state index is -0.163. The summed E-state index contributed by atoms with van der Waals surface area (Å²) in [6.45, 7) is 9.66. The number of carbonyl (C=O) groups is 1. The molecule has 1 aliphatic rings. The fourth-order valence-electron chi connectivity index (χ4n) is 2.85. The smallest absolute Gasteiger partial charge is 0.274 e. The predicted octanol–water partition coefficient (Wildman–Crippen LogP) is 2.51. The molecule has 1 aliphatic heterocycles. The third-order valence-corrected chi connectivity index (χ3v) is 4.27. The molecule has 1 saturated heterocycles. The Kier molecular flexibility index (Phi) is 5.33. The molecule has 0 atom stereocenters. The number of aryl methyl sites for hydroxylation is 1. The second kappa shape index (κ2) is 7.65. The van der Waals surface area contributed by atoms with Gasteiger partial charge in [-0.05, 0) is 31.0 Å². The SMILES string of the molecule is CCn1nc(C(C)C)cc1C(=O)Nc1cccnc1N1CCOCC1. The van der Waals surface area contributed by atoms with Crippen molar-refractivity contribution in [1.29, 1.82) is 0 Å². The zero-order valence-electron chi connectivity index (χ0n) is 15.0. The van der Waals surface area contributed by atoms with Crippen molar-refractivity contribution in [2.75, 3.05) is 36.5 Å². The number of morpholine rings is 1. The Morgan fingerprint density at radius 2 is 2.12 bits per heavy atom. The summed E-state index contributed by atoms with van der Waals surface area (Å²) in [4.78, 5) is 19.4. The molecular weight excluding hydrogens is 318 g/mol. The van der Waals surface area contributed by atoms with Gasteiger partial charge in [0.05, 0.1) is 24.6 Å². The standard InChI is InChI=1S/C18H25N5O2/c1-4-23-16(12-15(21-23)13(2)3)18(24)20-14-6-5-7-19-17(14)22-8-10-25-11-9-22/h5-7,12-13H,4,8-11H2,1-3H3,(H,20,24). The normalized spacial score (nSPS) is 14.8. The molecule has 0 spiro atoms. The van der Waals surface area contributed by atoms with Gasteiger partial charge in [-0.15, -0.1) is 0 Å². The first-order valence-electron chi connectivity index (χ1n) is 8.77. The summed E-state index contributed by atoms with van der Waals surface area (Å²) in [7, 11) is 0. The van der Waals surface area contributed by atoms with E-state index in [1.54, 1.807) is 10.9 Å². The Morgan fingerprint density at radius 1 is 1.36 bits per heavy atom. The van der Waals surface area contributed by atoms with Crippen LogP contribution in [0, 0.1) is 0 Å². The van der Waals surface area contributed by atoms with E-state index in [-0.39, 0.29) is 11.8 Å². The minimum absolute atomic E-state index is 0.163. The van der Waals surface area contributed by atoms with Crippen molar-refractivity contribution >= 4 is 17.4 Å². The maximum Gasteiger partial charge on any atom is 0.274 e. The molecular formula is C18H25N5O2. The van der Waals surface area contributed by atoms with E-state index in [9.17, 15) is 4.79 Å². The summed E-state index contributed by atoms with van der Waals surface area (Å²) in [6, 6.07) is 5.58. The second-order valence-corrected chi connectivity index (χ2v) is 6.35. The molecule has 0 bridgehead atoms. The molecule has 134 valence electrons. The van der Waals surface area contributed by atoms with Gasteiger partial charge in [-0.1, -0.05) is 13.8 Å². The molecule has 7 heteroatoms. The van der Waals surface area contributed by atoms with Crippen LogP contribution in [0.25, 0.3) is 0 Å². The van der Waals surface area contributed by atoms with Crippen molar-refractivity contribution in [2.24, 2.45) is 0 Å². The first-order valence-corrected chi connectivity index (χ1v) is 8.77. The van der Waals surface area contributed by atoms with E-state index < -0.39 is 0 Å². The molecule has 0 aromatic carbocycles. The van der Waals surface area contributed by atoms with Crippen molar-refractivity contribution in [3.8, 4) is 0 Å². The molecule has 3 heterocycles. The summed E-state index contributed by atoms with van der Waals surface area (Å²) < 4.78 is 7.14. The highest BCUT2D eigenvalue weighted by Crippen LogP contribution is 2.24. The fraction of sp³-hybridized carbons (Fsp3) is 0.500. The van der Waals surface area contributed by atoms with Crippen molar-refractivity contribution in [3.05, 3.63) is 35.8 Å². The average molecular weight is 343 g/mol. The first-order chi connectivity index (χ1) is 12.1. The van der Waals surface area contributed by atoms with Gasteiger partial charge in [-0.25, -0.2) is 4.98 Å². The number of pyridine rings is 1. The maximum absolute atomic E-state index is 12.8. The molecule has 1 fully saturated rings. The van der Waals surface area contributed by atoms with Gasteiger partial charge >= 0.3 is 0 Å². The van der Waals surface area contributed by atoms with E-state index in [0.29, 0.717) is 31.1 Å². The van der Waals surface area contributed by atoms with Crippen LogP contribution >= 0.6 is 0 Å². The zero-order valence-corrected chi connectivity index (χ0v) is 15.0. The molecule has 0 unspecified atom stereocenters. The van der Waals surface area contributed by atoms with Crippen LogP contribution < -0.4 is 10.2 Å². The summed E-state index contributed by atoms with van der Waals surface area (Å²) in [5, 5.41) is 7.52. The van der Waals surface area contributed by atoms with Gasteiger partial charge in [0.25, 0.3) is 5.91 Å². The zero-order chi connectivity index (χ0) is 17.8. The van der Waals surface area contributed by atoms with Gasteiger partial charge < -0.3 is 15.0 Å². The van der Waals surface area contributed by atoms with Crippen molar-refractivity contribution in [2.45, 2.75) is 33.2 Å². The van der Waals surface area contributed by atoms with Crippen LogP contribution in [0.15, 0.2) is 24.4 Å². The summed E-state index contributed by atoms with van der Waals surface area (Å²) in [5.41, 5.74) is 2.21. The lowest BCUT2D eigenvalue weighted by atomic mass is 10.1. The summed E-state index contributed by atoms with van der Waals surface area (Å²) in [6.07, 6.45) is 1.74.